The second-order valence-corrected chi connectivity index (χ2v) is 6.65. The first-order valence-electron chi connectivity index (χ1n) is 8.06. The summed E-state index contributed by atoms with van der Waals surface area (Å²) >= 11 is 0. The van der Waals surface area contributed by atoms with Gasteiger partial charge in [-0.25, -0.2) is 9.97 Å². The summed E-state index contributed by atoms with van der Waals surface area (Å²) in [5.41, 5.74) is 1.49. The fourth-order valence-corrected chi connectivity index (χ4v) is 3.49. The van der Waals surface area contributed by atoms with Crippen LogP contribution in [0.5, 0.6) is 0 Å². The fraction of sp³-hybridized carbons (Fsp3) is 0.750. The molecule has 1 aromatic rings. The van der Waals surface area contributed by atoms with Crippen molar-refractivity contribution in [3.8, 4) is 0 Å². The average Bonchev–Trinajstić information content (AvgIpc) is 2.90. The van der Waals surface area contributed by atoms with Crippen molar-refractivity contribution in [2.24, 2.45) is 0 Å². The van der Waals surface area contributed by atoms with Crippen molar-refractivity contribution in [3.05, 3.63) is 17.5 Å². The first-order chi connectivity index (χ1) is 10.0. The van der Waals surface area contributed by atoms with E-state index in [-0.39, 0.29) is 0 Å². The molecule has 2 saturated heterocycles. The fourth-order valence-electron chi connectivity index (χ4n) is 3.49. The Morgan fingerprint density at radius 1 is 1.05 bits per heavy atom. The normalized spacial score (nSPS) is 22.7. The molecule has 1 aromatic heterocycles. The lowest BCUT2D eigenvalue weighted by Crippen LogP contribution is -2.50. The van der Waals surface area contributed by atoms with Gasteiger partial charge in [0.1, 0.15) is 0 Å². The number of likely N-dealkylation sites (tertiary alicyclic amines) is 1. The number of rotatable bonds is 3. The molecule has 0 amide bonds. The molecule has 0 radical (unpaired) electrons. The number of aliphatic hydroxyl groups is 1. The molecule has 21 heavy (non-hydrogen) atoms. The van der Waals surface area contributed by atoms with Crippen LogP contribution < -0.4 is 4.90 Å². The molecule has 0 aromatic carbocycles. The van der Waals surface area contributed by atoms with Crippen LogP contribution in [-0.4, -0.2) is 58.3 Å². The van der Waals surface area contributed by atoms with Gasteiger partial charge in [-0.1, -0.05) is 0 Å². The third kappa shape index (κ3) is 3.52. The zero-order valence-corrected chi connectivity index (χ0v) is 13.2. The van der Waals surface area contributed by atoms with Crippen LogP contribution in [-0.2, 0) is 0 Å². The van der Waals surface area contributed by atoms with Crippen molar-refractivity contribution >= 4 is 5.95 Å². The summed E-state index contributed by atoms with van der Waals surface area (Å²) in [6.07, 6.45) is 4.16. The van der Waals surface area contributed by atoms with Gasteiger partial charge in [-0.2, -0.15) is 0 Å². The van der Waals surface area contributed by atoms with Gasteiger partial charge in [-0.05, 0) is 58.7 Å². The van der Waals surface area contributed by atoms with Crippen LogP contribution in [0.25, 0.3) is 0 Å². The zero-order valence-electron chi connectivity index (χ0n) is 13.2. The van der Waals surface area contributed by atoms with Gasteiger partial charge in [0.15, 0.2) is 0 Å². The monoisotopic (exact) mass is 290 g/mol. The molecule has 3 heterocycles. The van der Waals surface area contributed by atoms with E-state index in [1.807, 2.05) is 19.9 Å². The maximum atomic E-state index is 10.8. The Labute approximate surface area is 127 Å². The average molecular weight is 290 g/mol. The SMILES string of the molecule is Cc1cc(C)nc(N2CCC(O)(CN3CCCC3)CC2)n1. The number of aryl methyl sites for hydroxylation is 2. The highest BCUT2D eigenvalue weighted by atomic mass is 16.3. The molecule has 0 unspecified atom stereocenters. The molecule has 2 aliphatic heterocycles. The maximum Gasteiger partial charge on any atom is 0.225 e. The smallest absolute Gasteiger partial charge is 0.225 e. The summed E-state index contributed by atoms with van der Waals surface area (Å²) in [6.45, 7) is 8.81. The number of aromatic nitrogens is 2. The van der Waals surface area contributed by atoms with E-state index in [1.165, 1.54) is 12.8 Å². The number of piperidine rings is 1. The van der Waals surface area contributed by atoms with Crippen LogP contribution in [0.3, 0.4) is 0 Å². The Hall–Kier alpha value is -1.20. The minimum atomic E-state index is -0.528. The van der Waals surface area contributed by atoms with Crippen LogP contribution in [0.4, 0.5) is 5.95 Å². The summed E-state index contributed by atoms with van der Waals surface area (Å²) in [4.78, 5) is 13.7. The van der Waals surface area contributed by atoms with E-state index in [2.05, 4.69) is 19.8 Å². The van der Waals surface area contributed by atoms with Crippen molar-refractivity contribution in [2.75, 3.05) is 37.6 Å². The Bertz CT molecular complexity index is 471. The minimum absolute atomic E-state index is 0.528. The molecule has 1 N–H and O–H groups in total. The van der Waals surface area contributed by atoms with E-state index in [1.54, 1.807) is 0 Å². The number of hydrogen-bond donors (Lipinski definition) is 1. The van der Waals surface area contributed by atoms with E-state index in [4.69, 9.17) is 0 Å². The van der Waals surface area contributed by atoms with E-state index in [9.17, 15) is 5.11 Å². The number of anilines is 1. The lowest BCUT2D eigenvalue weighted by molar-refractivity contribution is -0.0112. The van der Waals surface area contributed by atoms with Gasteiger partial charge < -0.3 is 14.9 Å². The summed E-state index contributed by atoms with van der Waals surface area (Å²) in [5, 5.41) is 10.8. The lowest BCUT2D eigenvalue weighted by Gasteiger charge is -2.40. The largest absolute Gasteiger partial charge is 0.388 e. The molecule has 0 atom stereocenters. The van der Waals surface area contributed by atoms with Crippen LogP contribution in [0.15, 0.2) is 6.07 Å². The van der Waals surface area contributed by atoms with Crippen LogP contribution >= 0.6 is 0 Å². The minimum Gasteiger partial charge on any atom is -0.388 e. The second-order valence-electron chi connectivity index (χ2n) is 6.65. The molecule has 3 rings (SSSR count). The maximum absolute atomic E-state index is 10.8. The molecule has 116 valence electrons. The summed E-state index contributed by atoms with van der Waals surface area (Å²) in [7, 11) is 0. The van der Waals surface area contributed by atoms with Crippen LogP contribution in [0.2, 0.25) is 0 Å². The highest BCUT2D eigenvalue weighted by Crippen LogP contribution is 2.27. The number of nitrogens with zero attached hydrogens (tertiary/aromatic N) is 4. The first kappa shape index (κ1) is 14.7. The first-order valence-corrected chi connectivity index (χ1v) is 8.06. The van der Waals surface area contributed by atoms with Gasteiger partial charge in [-0.15, -0.1) is 0 Å². The third-order valence-corrected chi connectivity index (χ3v) is 4.66. The van der Waals surface area contributed by atoms with Crippen molar-refractivity contribution in [3.63, 3.8) is 0 Å². The number of β-amino-alcohol motifs (C(OH)–C–C–N with tert-alkyl or cyclic N) is 1. The molecule has 0 aliphatic carbocycles. The number of hydrogen-bond acceptors (Lipinski definition) is 5. The van der Waals surface area contributed by atoms with Gasteiger partial charge in [0.2, 0.25) is 5.95 Å². The second kappa shape index (κ2) is 5.89. The Morgan fingerprint density at radius 2 is 1.62 bits per heavy atom. The third-order valence-electron chi connectivity index (χ3n) is 4.66. The topological polar surface area (TPSA) is 52.5 Å². The van der Waals surface area contributed by atoms with E-state index < -0.39 is 5.60 Å². The Morgan fingerprint density at radius 3 is 2.19 bits per heavy atom. The molecule has 0 bridgehead atoms. The molecular formula is C16H26N4O. The quantitative estimate of drug-likeness (QED) is 0.915. The van der Waals surface area contributed by atoms with E-state index >= 15 is 0 Å². The molecule has 5 heteroatoms. The Kier molecular flexibility index (Phi) is 4.13. The van der Waals surface area contributed by atoms with Gasteiger partial charge in [0.05, 0.1) is 5.60 Å². The Balaban J connectivity index is 1.61. The summed E-state index contributed by atoms with van der Waals surface area (Å²) in [5.74, 6) is 0.815. The molecule has 0 saturated carbocycles. The lowest BCUT2D eigenvalue weighted by atomic mass is 9.91. The zero-order chi connectivity index (χ0) is 14.9. The van der Waals surface area contributed by atoms with Crippen molar-refractivity contribution in [2.45, 2.75) is 45.1 Å². The van der Waals surface area contributed by atoms with Crippen molar-refractivity contribution in [1.29, 1.82) is 0 Å². The molecular weight excluding hydrogens is 264 g/mol. The van der Waals surface area contributed by atoms with Gasteiger partial charge in [0, 0.05) is 31.0 Å². The van der Waals surface area contributed by atoms with Gasteiger partial charge in [0.25, 0.3) is 0 Å². The molecule has 0 spiro atoms. The van der Waals surface area contributed by atoms with E-state index in [0.29, 0.717) is 0 Å². The summed E-state index contributed by atoms with van der Waals surface area (Å²) < 4.78 is 0. The van der Waals surface area contributed by atoms with E-state index in [0.717, 1.165) is 62.9 Å². The summed E-state index contributed by atoms with van der Waals surface area (Å²) in [6, 6.07) is 2.00. The van der Waals surface area contributed by atoms with Crippen molar-refractivity contribution < 1.29 is 5.11 Å². The molecule has 2 aliphatic rings. The highest BCUT2D eigenvalue weighted by Gasteiger charge is 2.35. The van der Waals surface area contributed by atoms with Crippen LogP contribution in [0.1, 0.15) is 37.1 Å². The standard InChI is InChI=1S/C16H26N4O/c1-13-11-14(2)18-15(17-13)20-9-5-16(21,6-10-20)12-19-7-3-4-8-19/h11,21H,3-10,12H2,1-2H3. The molecule has 2 fully saturated rings. The van der Waals surface area contributed by atoms with Gasteiger partial charge >= 0.3 is 0 Å². The highest BCUT2D eigenvalue weighted by molar-refractivity contribution is 5.33. The predicted molar refractivity (Wildman–Crippen MR) is 83.6 cm³/mol. The van der Waals surface area contributed by atoms with Gasteiger partial charge in [-0.3, -0.25) is 0 Å². The van der Waals surface area contributed by atoms with Crippen LogP contribution in [0, 0.1) is 13.8 Å². The molecule has 5 nitrogen and oxygen atoms in total. The van der Waals surface area contributed by atoms with Crippen molar-refractivity contribution in [1.82, 2.24) is 14.9 Å². The predicted octanol–water partition coefficient (Wildman–Crippen LogP) is 1.52.